The van der Waals surface area contributed by atoms with E-state index in [9.17, 15) is 13.2 Å². The zero-order valence-corrected chi connectivity index (χ0v) is 12.1. The fraction of sp³-hybridized carbons (Fsp3) is 0.385. The molecular formula is C13H16N2O4S. The van der Waals surface area contributed by atoms with E-state index in [4.69, 9.17) is 10.4 Å². The summed E-state index contributed by atoms with van der Waals surface area (Å²) in [6.45, 7) is 3.39. The van der Waals surface area contributed by atoms with Gasteiger partial charge in [0.05, 0.1) is 16.5 Å². The SMILES string of the molecule is CC(C)N(CCC#N)S(=O)(=O)c1ccccc1C(=O)O. The van der Waals surface area contributed by atoms with Crippen LogP contribution in [-0.4, -0.2) is 36.4 Å². The molecule has 0 saturated heterocycles. The highest BCUT2D eigenvalue weighted by Gasteiger charge is 2.30. The second-order valence-electron chi connectivity index (χ2n) is 4.42. The molecule has 0 aliphatic carbocycles. The lowest BCUT2D eigenvalue weighted by atomic mass is 10.2. The van der Waals surface area contributed by atoms with Gasteiger partial charge in [-0.1, -0.05) is 12.1 Å². The van der Waals surface area contributed by atoms with E-state index in [-0.39, 0.29) is 29.5 Å². The van der Waals surface area contributed by atoms with Crippen LogP contribution < -0.4 is 0 Å². The maximum Gasteiger partial charge on any atom is 0.337 e. The molecule has 0 radical (unpaired) electrons. The third-order valence-electron chi connectivity index (χ3n) is 2.72. The summed E-state index contributed by atoms with van der Waals surface area (Å²) in [7, 11) is -3.95. The Morgan fingerprint density at radius 1 is 1.40 bits per heavy atom. The number of sulfonamides is 1. The first-order valence-electron chi connectivity index (χ1n) is 6.03. The van der Waals surface area contributed by atoms with Gasteiger partial charge >= 0.3 is 5.97 Å². The average Bonchev–Trinajstić information content (AvgIpc) is 2.38. The number of hydrogen-bond acceptors (Lipinski definition) is 4. The van der Waals surface area contributed by atoms with Crippen molar-refractivity contribution in [2.24, 2.45) is 0 Å². The maximum atomic E-state index is 12.6. The van der Waals surface area contributed by atoms with Crippen molar-refractivity contribution < 1.29 is 18.3 Å². The first kappa shape index (κ1) is 16.1. The van der Waals surface area contributed by atoms with Crippen LogP contribution in [0, 0.1) is 11.3 Å². The van der Waals surface area contributed by atoms with Gasteiger partial charge in [-0.3, -0.25) is 0 Å². The van der Waals surface area contributed by atoms with E-state index in [0.717, 1.165) is 4.31 Å². The van der Waals surface area contributed by atoms with Crippen molar-refractivity contribution in [3.05, 3.63) is 29.8 Å². The molecule has 0 fully saturated rings. The predicted molar refractivity (Wildman–Crippen MR) is 72.7 cm³/mol. The number of hydrogen-bond donors (Lipinski definition) is 1. The molecule has 1 aromatic rings. The van der Waals surface area contributed by atoms with Crippen molar-refractivity contribution in [2.45, 2.75) is 31.2 Å². The smallest absolute Gasteiger partial charge is 0.337 e. The standard InChI is InChI=1S/C13H16N2O4S/c1-10(2)15(9-5-8-14)20(18,19)12-7-4-3-6-11(12)13(16)17/h3-4,6-7,10H,5,9H2,1-2H3,(H,16,17). The number of rotatable bonds is 6. The molecule has 7 heteroatoms. The summed E-state index contributed by atoms with van der Waals surface area (Å²) < 4.78 is 26.3. The number of carboxylic acids is 1. The van der Waals surface area contributed by atoms with Crippen molar-refractivity contribution >= 4 is 16.0 Å². The summed E-state index contributed by atoms with van der Waals surface area (Å²) in [6.07, 6.45) is 0.0483. The Morgan fingerprint density at radius 2 is 2.00 bits per heavy atom. The summed E-state index contributed by atoms with van der Waals surface area (Å²) in [5, 5.41) is 17.7. The van der Waals surface area contributed by atoms with Crippen LogP contribution >= 0.6 is 0 Å². The quantitative estimate of drug-likeness (QED) is 0.861. The average molecular weight is 296 g/mol. The topological polar surface area (TPSA) is 98.5 Å². The van der Waals surface area contributed by atoms with Crippen molar-refractivity contribution in [3.8, 4) is 6.07 Å². The minimum absolute atomic E-state index is 0.0322. The number of carbonyl (C=O) groups is 1. The van der Waals surface area contributed by atoms with Crippen molar-refractivity contribution in [3.63, 3.8) is 0 Å². The molecule has 0 atom stereocenters. The monoisotopic (exact) mass is 296 g/mol. The summed E-state index contributed by atoms with van der Waals surface area (Å²) in [6, 6.07) is 6.98. The molecule has 0 unspecified atom stereocenters. The van der Waals surface area contributed by atoms with Gasteiger partial charge in [-0.25, -0.2) is 13.2 Å². The number of nitrogens with zero attached hydrogens (tertiary/aromatic N) is 2. The summed E-state index contributed by atoms with van der Waals surface area (Å²) >= 11 is 0. The molecule has 0 aliphatic rings. The van der Waals surface area contributed by atoms with Crippen molar-refractivity contribution in [2.75, 3.05) is 6.54 Å². The highest BCUT2D eigenvalue weighted by atomic mass is 32.2. The van der Waals surface area contributed by atoms with Crippen LogP contribution in [0.2, 0.25) is 0 Å². The van der Waals surface area contributed by atoms with Gasteiger partial charge in [0.25, 0.3) is 0 Å². The van der Waals surface area contributed by atoms with E-state index in [2.05, 4.69) is 0 Å². The Balaban J connectivity index is 3.34. The third kappa shape index (κ3) is 3.35. The fourth-order valence-corrected chi connectivity index (χ4v) is 3.63. The molecule has 1 aromatic carbocycles. The molecule has 108 valence electrons. The van der Waals surface area contributed by atoms with Crippen LogP contribution in [0.5, 0.6) is 0 Å². The second kappa shape index (κ2) is 6.50. The van der Waals surface area contributed by atoms with E-state index in [0.29, 0.717) is 0 Å². The Morgan fingerprint density at radius 3 is 2.50 bits per heavy atom. The van der Waals surface area contributed by atoms with E-state index >= 15 is 0 Å². The molecule has 20 heavy (non-hydrogen) atoms. The fourth-order valence-electron chi connectivity index (χ4n) is 1.81. The molecular weight excluding hydrogens is 280 g/mol. The predicted octanol–water partition coefficient (Wildman–Crippen LogP) is 1.70. The van der Waals surface area contributed by atoms with Gasteiger partial charge in [0.1, 0.15) is 0 Å². The maximum absolute atomic E-state index is 12.6. The molecule has 0 saturated carbocycles. The van der Waals surface area contributed by atoms with Gasteiger partial charge in [-0.2, -0.15) is 9.57 Å². The Labute approximate surface area is 118 Å². The molecule has 0 heterocycles. The Hall–Kier alpha value is -1.91. The van der Waals surface area contributed by atoms with E-state index < -0.39 is 16.0 Å². The van der Waals surface area contributed by atoms with Gasteiger partial charge in [-0.05, 0) is 26.0 Å². The van der Waals surface area contributed by atoms with Crippen LogP contribution in [-0.2, 0) is 10.0 Å². The number of benzene rings is 1. The van der Waals surface area contributed by atoms with E-state index in [1.165, 1.54) is 24.3 Å². The molecule has 0 aromatic heterocycles. The van der Waals surface area contributed by atoms with Gasteiger partial charge in [0, 0.05) is 19.0 Å². The van der Waals surface area contributed by atoms with Crippen LogP contribution in [0.25, 0.3) is 0 Å². The molecule has 0 amide bonds. The van der Waals surface area contributed by atoms with Gasteiger partial charge < -0.3 is 5.11 Å². The Kier molecular flexibility index (Phi) is 5.25. The second-order valence-corrected chi connectivity index (χ2v) is 6.28. The lowest BCUT2D eigenvalue weighted by Crippen LogP contribution is -2.38. The van der Waals surface area contributed by atoms with Crippen molar-refractivity contribution in [1.82, 2.24) is 4.31 Å². The highest BCUT2D eigenvalue weighted by molar-refractivity contribution is 7.89. The normalized spacial score (nSPS) is 11.6. The molecule has 1 N–H and O–H groups in total. The van der Waals surface area contributed by atoms with E-state index in [1.54, 1.807) is 13.8 Å². The molecule has 1 rings (SSSR count). The molecule has 0 aliphatic heterocycles. The lowest BCUT2D eigenvalue weighted by molar-refractivity contribution is 0.0692. The van der Waals surface area contributed by atoms with Crippen molar-refractivity contribution in [1.29, 1.82) is 5.26 Å². The minimum atomic E-state index is -3.95. The highest BCUT2D eigenvalue weighted by Crippen LogP contribution is 2.22. The minimum Gasteiger partial charge on any atom is -0.478 e. The number of aromatic carboxylic acids is 1. The summed E-state index contributed by atoms with van der Waals surface area (Å²) in [5.41, 5.74) is -0.268. The van der Waals surface area contributed by atoms with Gasteiger partial charge in [0.2, 0.25) is 10.0 Å². The van der Waals surface area contributed by atoms with Crippen LogP contribution in [0.3, 0.4) is 0 Å². The zero-order valence-electron chi connectivity index (χ0n) is 11.3. The first-order valence-corrected chi connectivity index (χ1v) is 7.47. The Bertz CT molecular complexity index is 632. The third-order valence-corrected chi connectivity index (χ3v) is 4.86. The number of nitriles is 1. The molecule has 0 bridgehead atoms. The lowest BCUT2D eigenvalue weighted by Gasteiger charge is -2.25. The van der Waals surface area contributed by atoms with Crippen LogP contribution in [0.4, 0.5) is 0 Å². The molecule has 6 nitrogen and oxygen atoms in total. The first-order chi connectivity index (χ1) is 9.32. The number of carboxylic acid groups (broad SMARTS) is 1. The van der Waals surface area contributed by atoms with Crippen LogP contribution in [0.15, 0.2) is 29.2 Å². The summed E-state index contributed by atoms with van der Waals surface area (Å²) in [4.78, 5) is 10.9. The molecule has 0 spiro atoms. The largest absolute Gasteiger partial charge is 0.478 e. The summed E-state index contributed by atoms with van der Waals surface area (Å²) in [5.74, 6) is -1.30. The zero-order chi connectivity index (χ0) is 15.3. The van der Waals surface area contributed by atoms with Gasteiger partial charge in [0.15, 0.2) is 0 Å². The van der Waals surface area contributed by atoms with Crippen LogP contribution in [0.1, 0.15) is 30.6 Å². The van der Waals surface area contributed by atoms with Gasteiger partial charge in [-0.15, -0.1) is 0 Å². The van der Waals surface area contributed by atoms with E-state index in [1.807, 2.05) is 6.07 Å².